The van der Waals surface area contributed by atoms with Gasteiger partial charge >= 0.3 is 6.16 Å². The highest BCUT2D eigenvalue weighted by Gasteiger charge is 2.19. The zero-order valence-corrected chi connectivity index (χ0v) is 10.1. The molecule has 0 unspecified atom stereocenters. The van der Waals surface area contributed by atoms with Crippen molar-refractivity contribution in [3.63, 3.8) is 0 Å². The molecule has 1 aromatic carbocycles. The topological polar surface area (TPSA) is 46.5 Å². The van der Waals surface area contributed by atoms with Crippen molar-refractivity contribution in [1.29, 1.82) is 0 Å². The van der Waals surface area contributed by atoms with Gasteiger partial charge in [-0.2, -0.15) is 0 Å². The van der Waals surface area contributed by atoms with E-state index in [2.05, 4.69) is 6.07 Å². The molecule has 0 radical (unpaired) electrons. The molecule has 1 aromatic rings. The second-order valence-corrected chi connectivity index (χ2v) is 4.67. The molecule has 17 heavy (non-hydrogen) atoms. The van der Waals surface area contributed by atoms with E-state index in [-0.39, 0.29) is 0 Å². The summed E-state index contributed by atoms with van der Waals surface area (Å²) in [6, 6.07) is 5.70. The van der Waals surface area contributed by atoms with Gasteiger partial charge in [-0.3, -0.25) is 0 Å². The minimum absolute atomic E-state index is 0.473. The van der Waals surface area contributed by atoms with Crippen LogP contribution in [0.15, 0.2) is 18.2 Å². The zero-order chi connectivity index (χ0) is 12.3. The summed E-state index contributed by atoms with van der Waals surface area (Å²) in [7, 11) is 0. The number of rotatable bonds is 2. The van der Waals surface area contributed by atoms with Crippen molar-refractivity contribution in [2.45, 2.75) is 44.9 Å². The second-order valence-electron chi connectivity index (χ2n) is 4.67. The zero-order valence-electron chi connectivity index (χ0n) is 10.1. The van der Waals surface area contributed by atoms with Gasteiger partial charge in [0.1, 0.15) is 5.75 Å². The van der Waals surface area contributed by atoms with Crippen LogP contribution in [-0.2, 0) is 0 Å². The Hall–Kier alpha value is -1.51. The molecular formula is C14H18O3. The summed E-state index contributed by atoms with van der Waals surface area (Å²) in [5.74, 6) is 1.04. The molecule has 0 aromatic heterocycles. The highest BCUT2D eigenvalue weighted by molar-refractivity contribution is 5.62. The van der Waals surface area contributed by atoms with Crippen molar-refractivity contribution < 1.29 is 14.6 Å². The fourth-order valence-electron chi connectivity index (χ4n) is 2.69. The van der Waals surface area contributed by atoms with Gasteiger partial charge in [-0.05, 0) is 42.9 Å². The summed E-state index contributed by atoms with van der Waals surface area (Å²) < 4.78 is 4.79. The van der Waals surface area contributed by atoms with Crippen LogP contribution in [0.25, 0.3) is 0 Å². The van der Waals surface area contributed by atoms with Crippen LogP contribution in [0, 0.1) is 6.92 Å². The lowest BCUT2D eigenvalue weighted by atomic mass is 9.82. The first-order chi connectivity index (χ1) is 8.18. The average molecular weight is 234 g/mol. The molecular weight excluding hydrogens is 216 g/mol. The lowest BCUT2D eigenvalue weighted by Crippen LogP contribution is -2.09. The number of carboxylic acid groups (broad SMARTS) is 1. The Labute approximate surface area is 101 Å². The smallest absolute Gasteiger partial charge is 0.449 e. The van der Waals surface area contributed by atoms with Gasteiger partial charge in [-0.1, -0.05) is 31.4 Å². The molecule has 0 aliphatic heterocycles. The minimum atomic E-state index is -1.24. The Morgan fingerprint density at radius 2 is 2.00 bits per heavy atom. The third kappa shape index (κ3) is 2.78. The summed E-state index contributed by atoms with van der Waals surface area (Å²) in [4.78, 5) is 10.6. The molecule has 1 aliphatic rings. The first kappa shape index (κ1) is 12.0. The molecule has 0 saturated heterocycles. The van der Waals surface area contributed by atoms with E-state index in [0.29, 0.717) is 11.7 Å². The van der Waals surface area contributed by atoms with Crippen molar-refractivity contribution in [1.82, 2.24) is 0 Å². The molecule has 1 aliphatic carbocycles. The predicted octanol–water partition coefficient (Wildman–Crippen LogP) is 4.10. The first-order valence-electron chi connectivity index (χ1n) is 6.19. The van der Waals surface area contributed by atoms with Gasteiger partial charge in [0, 0.05) is 0 Å². The van der Waals surface area contributed by atoms with E-state index in [1.54, 1.807) is 6.07 Å². The van der Waals surface area contributed by atoms with Gasteiger partial charge in [0.25, 0.3) is 0 Å². The highest BCUT2D eigenvalue weighted by atomic mass is 16.7. The van der Waals surface area contributed by atoms with E-state index in [9.17, 15) is 4.79 Å². The maximum absolute atomic E-state index is 10.6. The Morgan fingerprint density at radius 1 is 1.29 bits per heavy atom. The highest BCUT2D eigenvalue weighted by Crippen LogP contribution is 2.36. The van der Waals surface area contributed by atoms with Crippen LogP contribution in [0.3, 0.4) is 0 Å². The molecule has 0 spiro atoms. The molecule has 1 saturated carbocycles. The van der Waals surface area contributed by atoms with Crippen LogP contribution in [0.5, 0.6) is 5.75 Å². The molecule has 1 fully saturated rings. The molecule has 3 heteroatoms. The van der Waals surface area contributed by atoms with E-state index >= 15 is 0 Å². The minimum Gasteiger partial charge on any atom is -0.449 e. The van der Waals surface area contributed by atoms with E-state index in [4.69, 9.17) is 9.84 Å². The fraction of sp³-hybridized carbons (Fsp3) is 0.500. The van der Waals surface area contributed by atoms with Crippen molar-refractivity contribution >= 4 is 6.16 Å². The summed E-state index contributed by atoms with van der Waals surface area (Å²) in [5.41, 5.74) is 2.23. The van der Waals surface area contributed by atoms with Crippen molar-refractivity contribution in [2.75, 3.05) is 0 Å². The third-order valence-corrected chi connectivity index (χ3v) is 3.57. The standard InChI is InChI=1S/C14H18O3/c1-10-12(11-6-3-2-4-7-11)8-5-9-13(10)17-14(15)16/h5,8-9,11H,2-4,6-7H2,1H3,(H,15,16). The quantitative estimate of drug-likeness (QED) is 0.619. The van der Waals surface area contributed by atoms with Crippen LogP contribution < -0.4 is 4.74 Å². The van der Waals surface area contributed by atoms with Crippen molar-refractivity contribution in [3.8, 4) is 5.75 Å². The molecule has 0 heterocycles. The van der Waals surface area contributed by atoms with Gasteiger partial charge in [0.2, 0.25) is 0 Å². The number of hydrogen-bond acceptors (Lipinski definition) is 2. The van der Waals surface area contributed by atoms with E-state index in [1.165, 1.54) is 37.7 Å². The third-order valence-electron chi connectivity index (χ3n) is 3.57. The van der Waals surface area contributed by atoms with Crippen LogP contribution in [0.4, 0.5) is 4.79 Å². The number of benzene rings is 1. The van der Waals surface area contributed by atoms with Crippen molar-refractivity contribution in [3.05, 3.63) is 29.3 Å². The van der Waals surface area contributed by atoms with Crippen LogP contribution >= 0.6 is 0 Å². The largest absolute Gasteiger partial charge is 0.511 e. The summed E-state index contributed by atoms with van der Waals surface area (Å²) in [6.45, 7) is 1.95. The monoisotopic (exact) mass is 234 g/mol. The normalized spacial score (nSPS) is 16.8. The van der Waals surface area contributed by atoms with Gasteiger partial charge in [0.15, 0.2) is 0 Å². The Kier molecular flexibility index (Phi) is 3.67. The number of carbonyl (C=O) groups is 1. The SMILES string of the molecule is Cc1c(OC(=O)O)cccc1C1CCCCC1. The summed E-state index contributed by atoms with van der Waals surface area (Å²) in [5, 5.41) is 8.67. The average Bonchev–Trinajstić information content (AvgIpc) is 2.32. The molecule has 0 bridgehead atoms. The van der Waals surface area contributed by atoms with Crippen molar-refractivity contribution in [2.24, 2.45) is 0 Å². The molecule has 2 rings (SSSR count). The number of hydrogen-bond donors (Lipinski definition) is 1. The molecule has 92 valence electrons. The van der Waals surface area contributed by atoms with Gasteiger partial charge in [-0.15, -0.1) is 0 Å². The number of ether oxygens (including phenoxy) is 1. The molecule has 1 N–H and O–H groups in total. The van der Waals surface area contributed by atoms with Gasteiger partial charge in [0.05, 0.1) is 0 Å². The Morgan fingerprint density at radius 3 is 2.65 bits per heavy atom. The maximum Gasteiger partial charge on any atom is 0.511 e. The molecule has 0 amide bonds. The second kappa shape index (κ2) is 5.21. The predicted molar refractivity (Wildman–Crippen MR) is 65.7 cm³/mol. The van der Waals surface area contributed by atoms with E-state index < -0.39 is 6.16 Å². The molecule has 3 nitrogen and oxygen atoms in total. The Balaban J connectivity index is 2.24. The summed E-state index contributed by atoms with van der Waals surface area (Å²) >= 11 is 0. The van der Waals surface area contributed by atoms with E-state index in [1.807, 2.05) is 13.0 Å². The maximum atomic E-state index is 10.6. The lowest BCUT2D eigenvalue weighted by molar-refractivity contribution is 0.144. The van der Waals surface area contributed by atoms with Crippen LogP contribution in [0.1, 0.15) is 49.1 Å². The van der Waals surface area contributed by atoms with Gasteiger partial charge < -0.3 is 9.84 Å². The van der Waals surface area contributed by atoms with Gasteiger partial charge in [-0.25, -0.2) is 4.79 Å². The van der Waals surface area contributed by atoms with Crippen LogP contribution in [0.2, 0.25) is 0 Å². The first-order valence-corrected chi connectivity index (χ1v) is 6.19. The van der Waals surface area contributed by atoms with E-state index in [0.717, 1.165) is 5.56 Å². The molecule has 0 atom stereocenters. The Bertz CT molecular complexity index is 406. The fourth-order valence-corrected chi connectivity index (χ4v) is 2.69. The lowest BCUT2D eigenvalue weighted by Gasteiger charge is -2.24. The summed E-state index contributed by atoms with van der Waals surface area (Å²) in [6.07, 6.45) is 5.03. The van der Waals surface area contributed by atoms with Crippen LogP contribution in [-0.4, -0.2) is 11.3 Å².